The Kier molecular flexibility index (Phi) is 5.57. The zero-order chi connectivity index (χ0) is 24.0. The number of likely N-dealkylation sites (tertiary alicyclic amines) is 1. The van der Waals surface area contributed by atoms with Crippen LogP contribution in [-0.4, -0.2) is 57.3 Å². The van der Waals surface area contributed by atoms with Crippen LogP contribution in [0.4, 0.5) is 5.69 Å². The molecule has 2 aromatic carbocycles. The van der Waals surface area contributed by atoms with E-state index in [0.717, 1.165) is 90.9 Å². The van der Waals surface area contributed by atoms with E-state index in [0.29, 0.717) is 0 Å². The number of carbonyl (C=O) groups excluding carboxylic acids is 1. The van der Waals surface area contributed by atoms with Crippen molar-refractivity contribution in [3.63, 3.8) is 0 Å². The lowest BCUT2D eigenvalue weighted by atomic mass is 9.79. The van der Waals surface area contributed by atoms with Gasteiger partial charge >= 0.3 is 0 Å². The zero-order valence-electron chi connectivity index (χ0n) is 20.4. The number of imidazole rings is 1. The molecule has 0 aliphatic carbocycles. The summed E-state index contributed by atoms with van der Waals surface area (Å²) >= 11 is 0. The fraction of sp³-hybridized carbons (Fsp3) is 0.444. The Morgan fingerprint density at radius 1 is 1.17 bits per heavy atom. The smallest absolute Gasteiger partial charge is 0.230 e. The van der Waals surface area contributed by atoms with Crippen molar-refractivity contribution >= 4 is 33.5 Å². The number of para-hydroxylation sites is 2. The van der Waals surface area contributed by atoms with Crippen LogP contribution in [0.1, 0.15) is 45.3 Å². The Hall–Kier alpha value is -3.23. The van der Waals surface area contributed by atoms with E-state index in [4.69, 9.17) is 14.8 Å². The van der Waals surface area contributed by atoms with Gasteiger partial charge in [0.1, 0.15) is 5.69 Å². The highest BCUT2D eigenvalue weighted by atomic mass is 16.5. The van der Waals surface area contributed by atoms with Crippen LogP contribution in [0.2, 0.25) is 0 Å². The molecule has 2 aromatic heterocycles. The van der Waals surface area contributed by atoms with Crippen LogP contribution in [0.15, 0.2) is 42.5 Å². The molecule has 2 N–H and O–H groups in total. The normalized spacial score (nSPS) is 20.9. The van der Waals surface area contributed by atoms with Crippen LogP contribution in [-0.2, 0) is 9.53 Å². The highest BCUT2D eigenvalue weighted by molar-refractivity contribution is 6.00. The molecule has 182 valence electrons. The summed E-state index contributed by atoms with van der Waals surface area (Å²) < 4.78 is 8.06. The molecule has 0 bridgehead atoms. The van der Waals surface area contributed by atoms with Crippen molar-refractivity contribution < 1.29 is 9.53 Å². The first-order valence-corrected chi connectivity index (χ1v) is 12.6. The summed E-state index contributed by atoms with van der Waals surface area (Å²) in [5.41, 5.74) is 4.05. The minimum Gasteiger partial charge on any atom is -0.356 e. The molecule has 2 aliphatic heterocycles. The third-order valence-electron chi connectivity index (χ3n) is 7.64. The van der Waals surface area contributed by atoms with Gasteiger partial charge in [0.05, 0.1) is 16.6 Å². The first-order chi connectivity index (χ1) is 17.0. The standard InChI is InChI=1S/C27H32N6O2/c1-27(12-14-32(2)15-13-27)26(34)28-18-10-11-22-19(17-18)24(31-33(22)23-9-5-6-16-35-23)25-29-20-7-3-4-8-21(20)30-25/h3-4,7-8,10-11,17,23H,5-6,9,12-16H2,1-2H3,(H,28,34)(H,29,30). The SMILES string of the molecule is CN1CCC(C)(C(=O)Nc2ccc3c(c2)c(-c2nc4ccccc4[nH]2)nn3C2CCCCO2)CC1. The van der Waals surface area contributed by atoms with Crippen LogP contribution >= 0.6 is 0 Å². The number of aromatic nitrogens is 4. The number of hydrogen-bond acceptors (Lipinski definition) is 5. The molecular formula is C27H32N6O2. The molecule has 8 heteroatoms. The maximum absolute atomic E-state index is 13.3. The molecule has 2 aliphatic rings. The van der Waals surface area contributed by atoms with Crippen molar-refractivity contribution in [2.45, 2.75) is 45.3 Å². The van der Waals surface area contributed by atoms with Gasteiger partial charge in [-0.15, -0.1) is 0 Å². The van der Waals surface area contributed by atoms with E-state index in [2.05, 4.69) is 29.2 Å². The van der Waals surface area contributed by atoms with Crippen LogP contribution in [0.25, 0.3) is 33.5 Å². The average Bonchev–Trinajstić information content (AvgIpc) is 3.48. The van der Waals surface area contributed by atoms with Crippen LogP contribution in [0.3, 0.4) is 0 Å². The van der Waals surface area contributed by atoms with E-state index >= 15 is 0 Å². The molecule has 0 radical (unpaired) electrons. The Morgan fingerprint density at radius 3 is 2.77 bits per heavy atom. The van der Waals surface area contributed by atoms with E-state index in [-0.39, 0.29) is 17.6 Å². The summed E-state index contributed by atoms with van der Waals surface area (Å²) in [6.45, 7) is 4.70. The molecule has 1 atom stereocenters. The number of nitrogens with one attached hydrogen (secondary N) is 2. The zero-order valence-corrected chi connectivity index (χ0v) is 20.4. The van der Waals surface area contributed by atoms with E-state index in [9.17, 15) is 4.79 Å². The summed E-state index contributed by atoms with van der Waals surface area (Å²) in [5.74, 6) is 0.801. The first kappa shape index (κ1) is 22.2. The third kappa shape index (κ3) is 4.10. The van der Waals surface area contributed by atoms with Gasteiger partial charge in [0.15, 0.2) is 12.1 Å². The van der Waals surface area contributed by atoms with E-state index in [1.165, 1.54) is 0 Å². The quantitative estimate of drug-likeness (QED) is 0.439. The van der Waals surface area contributed by atoms with Crippen LogP contribution in [0.5, 0.6) is 0 Å². The fourth-order valence-corrected chi connectivity index (χ4v) is 5.22. The Morgan fingerprint density at radius 2 is 2.00 bits per heavy atom. The van der Waals surface area contributed by atoms with Crippen molar-refractivity contribution in [1.29, 1.82) is 0 Å². The number of H-pyrrole nitrogens is 1. The summed E-state index contributed by atoms with van der Waals surface area (Å²) in [7, 11) is 2.11. The number of carbonyl (C=O) groups is 1. The van der Waals surface area contributed by atoms with Crippen molar-refractivity contribution in [2.75, 3.05) is 32.1 Å². The number of anilines is 1. The predicted octanol–water partition coefficient (Wildman–Crippen LogP) is 4.95. The molecule has 2 fully saturated rings. The van der Waals surface area contributed by atoms with Crippen LogP contribution in [0, 0.1) is 5.41 Å². The fourth-order valence-electron chi connectivity index (χ4n) is 5.22. The van der Waals surface area contributed by atoms with Crippen molar-refractivity contribution in [2.24, 2.45) is 5.41 Å². The Balaban J connectivity index is 1.39. The number of fused-ring (bicyclic) bond motifs is 2. The molecule has 6 rings (SSSR count). The van der Waals surface area contributed by atoms with Crippen molar-refractivity contribution in [3.05, 3.63) is 42.5 Å². The highest BCUT2D eigenvalue weighted by Crippen LogP contribution is 2.36. The summed E-state index contributed by atoms with van der Waals surface area (Å²) in [6, 6.07) is 14.0. The minimum atomic E-state index is -0.358. The predicted molar refractivity (Wildman–Crippen MR) is 137 cm³/mol. The number of rotatable bonds is 4. The number of amides is 1. The van der Waals surface area contributed by atoms with Gasteiger partial charge in [-0.1, -0.05) is 19.1 Å². The topological polar surface area (TPSA) is 88.1 Å². The Labute approximate surface area is 204 Å². The van der Waals surface area contributed by atoms with Gasteiger partial charge in [-0.05, 0) is 82.6 Å². The Bertz CT molecular complexity index is 1340. The van der Waals surface area contributed by atoms with Gasteiger partial charge in [-0.3, -0.25) is 4.79 Å². The van der Waals surface area contributed by atoms with Gasteiger partial charge in [0.2, 0.25) is 5.91 Å². The lowest BCUT2D eigenvalue weighted by Gasteiger charge is -2.36. The second kappa shape index (κ2) is 8.77. The molecule has 8 nitrogen and oxygen atoms in total. The molecular weight excluding hydrogens is 440 g/mol. The van der Waals surface area contributed by atoms with E-state index in [1.807, 2.05) is 47.1 Å². The third-order valence-corrected chi connectivity index (χ3v) is 7.64. The second-order valence-electron chi connectivity index (χ2n) is 10.3. The molecule has 35 heavy (non-hydrogen) atoms. The largest absolute Gasteiger partial charge is 0.356 e. The lowest BCUT2D eigenvalue weighted by Crippen LogP contribution is -2.43. The molecule has 1 unspecified atom stereocenters. The summed E-state index contributed by atoms with van der Waals surface area (Å²) in [5, 5.41) is 9.14. The second-order valence-corrected chi connectivity index (χ2v) is 10.3. The average molecular weight is 473 g/mol. The number of ether oxygens (including phenoxy) is 1. The number of benzene rings is 2. The molecule has 4 aromatic rings. The monoisotopic (exact) mass is 472 g/mol. The number of piperidine rings is 1. The summed E-state index contributed by atoms with van der Waals surface area (Å²) in [4.78, 5) is 23.8. The molecule has 1 amide bonds. The first-order valence-electron chi connectivity index (χ1n) is 12.6. The van der Waals surface area contributed by atoms with Gasteiger partial charge in [0.25, 0.3) is 0 Å². The minimum absolute atomic E-state index is 0.0817. The number of nitrogens with zero attached hydrogens (tertiary/aromatic N) is 4. The molecule has 0 spiro atoms. The van der Waals surface area contributed by atoms with E-state index in [1.54, 1.807) is 0 Å². The van der Waals surface area contributed by atoms with Gasteiger partial charge in [0, 0.05) is 23.1 Å². The lowest BCUT2D eigenvalue weighted by molar-refractivity contribution is -0.127. The number of aromatic amines is 1. The molecule has 0 saturated carbocycles. The maximum atomic E-state index is 13.3. The maximum Gasteiger partial charge on any atom is 0.230 e. The van der Waals surface area contributed by atoms with E-state index < -0.39 is 0 Å². The molecule has 4 heterocycles. The number of hydrogen-bond donors (Lipinski definition) is 2. The van der Waals surface area contributed by atoms with Crippen molar-refractivity contribution in [1.82, 2.24) is 24.6 Å². The van der Waals surface area contributed by atoms with Crippen LogP contribution < -0.4 is 5.32 Å². The summed E-state index contributed by atoms with van der Waals surface area (Å²) in [6.07, 6.45) is 4.76. The molecule has 2 saturated heterocycles. The van der Waals surface area contributed by atoms with Gasteiger partial charge in [-0.2, -0.15) is 5.10 Å². The van der Waals surface area contributed by atoms with Gasteiger partial charge in [-0.25, -0.2) is 9.67 Å². The van der Waals surface area contributed by atoms with Crippen molar-refractivity contribution in [3.8, 4) is 11.5 Å². The van der Waals surface area contributed by atoms with Gasteiger partial charge < -0.3 is 19.9 Å². The highest BCUT2D eigenvalue weighted by Gasteiger charge is 2.36.